The second kappa shape index (κ2) is 11.8. The first-order valence-corrected chi connectivity index (χ1v) is 11.4. The molecule has 0 saturated heterocycles. The van der Waals surface area contributed by atoms with Crippen LogP contribution in [0, 0.1) is 5.92 Å². The second-order valence-electron chi connectivity index (χ2n) is 9.07. The van der Waals surface area contributed by atoms with Crippen LogP contribution >= 0.6 is 0 Å². The number of unbranched alkanes of at least 4 members (excludes halogenated alkanes) is 1. The van der Waals surface area contributed by atoms with Crippen LogP contribution in [0.1, 0.15) is 64.9 Å². The third-order valence-electron chi connectivity index (χ3n) is 5.74. The number of nitrogens with one attached hydrogen (secondary N) is 3. The van der Waals surface area contributed by atoms with Gasteiger partial charge in [-0.15, -0.1) is 0 Å². The molecule has 31 heavy (non-hydrogen) atoms. The van der Waals surface area contributed by atoms with Crippen molar-refractivity contribution < 1.29 is 14.4 Å². The van der Waals surface area contributed by atoms with Gasteiger partial charge in [0.2, 0.25) is 17.7 Å². The molecule has 7 heteroatoms. The van der Waals surface area contributed by atoms with Crippen LogP contribution in [0.4, 0.5) is 0 Å². The van der Waals surface area contributed by atoms with E-state index in [9.17, 15) is 14.4 Å². The molecular formula is C24H38N4O3. The molecule has 1 aliphatic carbocycles. The number of carbonyl (C=O) groups is 3. The van der Waals surface area contributed by atoms with Crippen molar-refractivity contribution in [2.45, 2.75) is 76.8 Å². The molecule has 0 spiro atoms. The molecule has 1 fully saturated rings. The largest absolute Gasteiger partial charge is 0.352 e. The van der Waals surface area contributed by atoms with E-state index in [-0.39, 0.29) is 30.3 Å². The van der Waals surface area contributed by atoms with Crippen molar-refractivity contribution in [1.29, 1.82) is 0 Å². The molecule has 1 aromatic rings. The van der Waals surface area contributed by atoms with Crippen molar-refractivity contribution in [3.8, 4) is 0 Å². The summed E-state index contributed by atoms with van der Waals surface area (Å²) in [5.74, 6) is -0.203. The number of rotatable bonds is 13. The Morgan fingerprint density at radius 1 is 1.03 bits per heavy atom. The standard InChI is InChI=1S/C24H38N4O3/c1-17(2)15-18(3)27-21(29)16-26-22(30)20(11-7-8-14-25)28-23(31)24(12-13-24)19-9-5-4-6-10-19/h4-6,9-10,17-18,20H,7-8,11-16,25H2,1-3H3,(H,26,30)(H,27,29)(H,28,31)/t18-,20?/m1/s1. The number of hydrogen-bond acceptors (Lipinski definition) is 4. The molecule has 2 atom stereocenters. The van der Waals surface area contributed by atoms with Gasteiger partial charge in [-0.2, -0.15) is 0 Å². The molecule has 7 nitrogen and oxygen atoms in total. The summed E-state index contributed by atoms with van der Waals surface area (Å²) in [7, 11) is 0. The average Bonchev–Trinajstić information content (AvgIpc) is 3.53. The first kappa shape index (κ1) is 24.9. The number of nitrogens with two attached hydrogens (primary N) is 1. The van der Waals surface area contributed by atoms with Gasteiger partial charge in [-0.05, 0) is 63.5 Å². The zero-order valence-electron chi connectivity index (χ0n) is 19.1. The second-order valence-corrected chi connectivity index (χ2v) is 9.07. The van der Waals surface area contributed by atoms with Crippen molar-refractivity contribution in [2.75, 3.05) is 13.1 Å². The summed E-state index contributed by atoms with van der Waals surface area (Å²) in [6, 6.07) is 9.05. The van der Waals surface area contributed by atoms with E-state index < -0.39 is 11.5 Å². The normalized spacial score (nSPS) is 16.3. The maximum absolute atomic E-state index is 13.1. The van der Waals surface area contributed by atoms with Gasteiger partial charge in [-0.1, -0.05) is 44.2 Å². The first-order valence-electron chi connectivity index (χ1n) is 11.4. The molecule has 5 N–H and O–H groups in total. The number of carbonyl (C=O) groups excluding carboxylic acids is 3. The molecular weight excluding hydrogens is 392 g/mol. The highest BCUT2D eigenvalue weighted by atomic mass is 16.2. The van der Waals surface area contributed by atoms with Gasteiger partial charge < -0.3 is 21.7 Å². The number of benzene rings is 1. The SMILES string of the molecule is CC(C)C[C@@H](C)NC(=O)CNC(=O)C(CCCCN)NC(=O)C1(c2ccccc2)CC1. The van der Waals surface area contributed by atoms with E-state index in [1.54, 1.807) is 0 Å². The first-order chi connectivity index (χ1) is 14.8. The molecule has 0 aliphatic heterocycles. The van der Waals surface area contributed by atoms with Gasteiger partial charge in [0.25, 0.3) is 0 Å². The summed E-state index contributed by atoms with van der Waals surface area (Å²) in [6.45, 7) is 6.58. The predicted octanol–water partition coefficient (Wildman–Crippen LogP) is 2.00. The van der Waals surface area contributed by atoms with Crippen molar-refractivity contribution in [3.05, 3.63) is 35.9 Å². The van der Waals surface area contributed by atoms with Gasteiger partial charge in [0.1, 0.15) is 6.04 Å². The Hall–Kier alpha value is -2.41. The lowest BCUT2D eigenvalue weighted by Gasteiger charge is -2.23. The van der Waals surface area contributed by atoms with Gasteiger partial charge in [-0.25, -0.2) is 0 Å². The van der Waals surface area contributed by atoms with Crippen LogP contribution in [0.3, 0.4) is 0 Å². The fourth-order valence-corrected chi connectivity index (χ4v) is 3.97. The van der Waals surface area contributed by atoms with E-state index in [4.69, 9.17) is 5.73 Å². The molecule has 1 unspecified atom stereocenters. The maximum Gasteiger partial charge on any atom is 0.243 e. The quantitative estimate of drug-likeness (QED) is 0.358. The smallest absolute Gasteiger partial charge is 0.243 e. The Kier molecular flexibility index (Phi) is 9.49. The van der Waals surface area contributed by atoms with Crippen LogP contribution in [0.2, 0.25) is 0 Å². The molecule has 0 bridgehead atoms. The highest BCUT2D eigenvalue weighted by molar-refractivity contribution is 5.96. The summed E-state index contributed by atoms with van der Waals surface area (Å²) in [5, 5.41) is 8.53. The van der Waals surface area contributed by atoms with Gasteiger partial charge in [0.05, 0.1) is 12.0 Å². The molecule has 0 heterocycles. The highest BCUT2D eigenvalue weighted by Crippen LogP contribution is 2.48. The molecule has 0 radical (unpaired) electrons. The Morgan fingerprint density at radius 3 is 2.29 bits per heavy atom. The summed E-state index contributed by atoms with van der Waals surface area (Å²) in [4.78, 5) is 38.0. The maximum atomic E-state index is 13.1. The van der Waals surface area contributed by atoms with Crippen LogP contribution in [-0.4, -0.2) is 42.9 Å². The van der Waals surface area contributed by atoms with Gasteiger partial charge in [0, 0.05) is 6.04 Å². The lowest BCUT2D eigenvalue weighted by molar-refractivity contribution is -0.131. The van der Waals surface area contributed by atoms with Crippen LogP contribution in [-0.2, 0) is 19.8 Å². The summed E-state index contributed by atoms with van der Waals surface area (Å²) in [6.07, 6.45) is 4.41. The molecule has 3 amide bonds. The highest BCUT2D eigenvalue weighted by Gasteiger charge is 2.51. The lowest BCUT2D eigenvalue weighted by atomic mass is 9.94. The minimum Gasteiger partial charge on any atom is -0.352 e. The zero-order valence-corrected chi connectivity index (χ0v) is 19.1. The van der Waals surface area contributed by atoms with E-state index in [1.165, 1.54) is 0 Å². The Morgan fingerprint density at radius 2 is 1.71 bits per heavy atom. The average molecular weight is 431 g/mol. The topological polar surface area (TPSA) is 113 Å². The Labute approximate surface area is 185 Å². The molecule has 0 aromatic heterocycles. The predicted molar refractivity (Wildman–Crippen MR) is 122 cm³/mol. The van der Waals surface area contributed by atoms with Crippen molar-refractivity contribution in [1.82, 2.24) is 16.0 Å². The number of amides is 3. The van der Waals surface area contributed by atoms with Crippen LogP contribution in [0.25, 0.3) is 0 Å². The van der Waals surface area contributed by atoms with E-state index in [0.29, 0.717) is 18.9 Å². The van der Waals surface area contributed by atoms with E-state index >= 15 is 0 Å². The summed E-state index contributed by atoms with van der Waals surface area (Å²) in [5.41, 5.74) is 6.02. The van der Waals surface area contributed by atoms with Crippen molar-refractivity contribution in [2.24, 2.45) is 11.7 Å². The van der Waals surface area contributed by atoms with Crippen LogP contribution in [0.5, 0.6) is 0 Å². The minimum absolute atomic E-state index is 0.0463. The molecule has 1 saturated carbocycles. The Balaban J connectivity index is 1.94. The zero-order chi connectivity index (χ0) is 22.9. The molecule has 1 aromatic carbocycles. The fourth-order valence-electron chi connectivity index (χ4n) is 3.97. The fraction of sp³-hybridized carbons (Fsp3) is 0.625. The van der Waals surface area contributed by atoms with Crippen LogP contribution < -0.4 is 21.7 Å². The van der Waals surface area contributed by atoms with E-state index in [1.807, 2.05) is 37.3 Å². The molecule has 172 valence electrons. The monoisotopic (exact) mass is 430 g/mol. The van der Waals surface area contributed by atoms with Gasteiger partial charge in [-0.3, -0.25) is 14.4 Å². The van der Waals surface area contributed by atoms with E-state index in [0.717, 1.165) is 37.7 Å². The minimum atomic E-state index is -0.680. The van der Waals surface area contributed by atoms with Crippen LogP contribution in [0.15, 0.2) is 30.3 Å². The third kappa shape index (κ3) is 7.65. The van der Waals surface area contributed by atoms with E-state index in [2.05, 4.69) is 29.8 Å². The Bertz CT molecular complexity index is 732. The lowest BCUT2D eigenvalue weighted by Crippen LogP contribution is -2.51. The summed E-state index contributed by atoms with van der Waals surface area (Å²) >= 11 is 0. The molecule has 1 aliphatic rings. The number of hydrogen-bond donors (Lipinski definition) is 4. The van der Waals surface area contributed by atoms with Crippen molar-refractivity contribution >= 4 is 17.7 Å². The summed E-state index contributed by atoms with van der Waals surface area (Å²) < 4.78 is 0. The van der Waals surface area contributed by atoms with Crippen molar-refractivity contribution in [3.63, 3.8) is 0 Å². The molecule has 2 rings (SSSR count). The van der Waals surface area contributed by atoms with Gasteiger partial charge >= 0.3 is 0 Å². The third-order valence-corrected chi connectivity index (χ3v) is 5.74. The van der Waals surface area contributed by atoms with Gasteiger partial charge in [0.15, 0.2) is 0 Å².